The summed E-state index contributed by atoms with van der Waals surface area (Å²) in [5, 5.41) is 28.8. The zero-order valence-electron chi connectivity index (χ0n) is 16.0. The Bertz CT molecular complexity index is 414. The third-order valence-electron chi connectivity index (χ3n) is 4.54. The van der Waals surface area contributed by atoms with Crippen LogP contribution in [0, 0.1) is 5.41 Å². The predicted molar refractivity (Wildman–Crippen MR) is 99.4 cm³/mol. The molecule has 0 aliphatic rings. The molecule has 5 nitrogen and oxygen atoms in total. The normalized spacial score (nSPS) is 14.6. The minimum absolute atomic E-state index is 0.374. The van der Waals surface area contributed by atoms with Gasteiger partial charge in [0.05, 0.1) is 11.5 Å². The molecule has 0 radical (unpaired) electrons. The molecule has 0 aromatic heterocycles. The highest BCUT2D eigenvalue weighted by molar-refractivity contribution is 5.93. The van der Waals surface area contributed by atoms with Crippen molar-refractivity contribution >= 4 is 11.8 Å². The van der Waals surface area contributed by atoms with Crippen LogP contribution in [0.2, 0.25) is 0 Å². The average Bonchev–Trinajstić information content (AvgIpc) is 2.56. The Balaban J connectivity index is 3.88. The zero-order valence-corrected chi connectivity index (χ0v) is 16.0. The van der Waals surface area contributed by atoms with E-state index in [9.17, 15) is 19.8 Å². The largest absolute Gasteiger partial charge is 0.481 e. The van der Waals surface area contributed by atoms with Gasteiger partial charge in [0.2, 0.25) is 0 Å². The van der Waals surface area contributed by atoms with E-state index in [0.29, 0.717) is 19.3 Å². The van der Waals surface area contributed by atoms with Crippen molar-refractivity contribution in [2.24, 2.45) is 5.41 Å². The summed E-state index contributed by atoms with van der Waals surface area (Å²) in [6.07, 6.45) is 9.07. The number of unbranched alkanes of at least 4 members (excludes halogenated alkanes) is 6. The number of carbonyl (C=O) groups is 2. The number of ketones is 1. The Labute approximate surface area is 152 Å². The molecule has 2 unspecified atom stereocenters. The summed E-state index contributed by atoms with van der Waals surface area (Å²) < 4.78 is 0. The van der Waals surface area contributed by atoms with Crippen LogP contribution >= 0.6 is 0 Å². The molecule has 0 fully saturated rings. The molecule has 0 heterocycles. The Hall–Kier alpha value is -1.20. The van der Waals surface area contributed by atoms with Gasteiger partial charge in [-0.1, -0.05) is 51.5 Å². The highest BCUT2D eigenvalue weighted by Gasteiger charge is 2.26. The molecule has 0 rings (SSSR count). The van der Waals surface area contributed by atoms with Crippen molar-refractivity contribution in [2.45, 2.75) is 97.2 Å². The van der Waals surface area contributed by atoms with Gasteiger partial charge < -0.3 is 15.3 Å². The molecule has 2 atom stereocenters. The van der Waals surface area contributed by atoms with E-state index in [1.54, 1.807) is 19.9 Å². The quantitative estimate of drug-likeness (QED) is 0.306. The van der Waals surface area contributed by atoms with Gasteiger partial charge in [-0.25, -0.2) is 0 Å². The smallest absolute Gasteiger partial charge is 0.309 e. The number of aliphatic hydroxyl groups excluding tert-OH is 2. The van der Waals surface area contributed by atoms with Crippen molar-refractivity contribution in [1.29, 1.82) is 0 Å². The van der Waals surface area contributed by atoms with Crippen LogP contribution in [-0.2, 0) is 9.59 Å². The number of aliphatic hydroxyl groups is 2. The lowest BCUT2D eigenvalue weighted by molar-refractivity contribution is -0.147. The molecule has 3 N–H and O–H groups in total. The summed E-state index contributed by atoms with van der Waals surface area (Å²) in [7, 11) is 0. The second kappa shape index (κ2) is 13.1. The van der Waals surface area contributed by atoms with Crippen LogP contribution < -0.4 is 0 Å². The number of carbonyl (C=O) groups excluding carboxylic acids is 1. The Morgan fingerprint density at radius 3 is 2.24 bits per heavy atom. The van der Waals surface area contributed by atoms with Crippen molar-refractivity contribution in [1.82, 2.24) is 0 Å². The highest BCUT2D eigenvalue weighted by atomic mass is 16.4. The van der Waals surface area contributed by atoms with Gasteiger partial charge in [-0.2, -0.15) is 0 Å². The molecule has 0 bridgehead atoms. The van der Waals surface area contributed by atoms with Gasteiger partial charge in [-0.15, -0.1) is 0 Å². The number of carboxylic acids is 1. The Morgan fingerprint density at radius 2 is 1.64 bits per heavy atom. The van der Waals surface area contributed by atoms with Crippen LogP contribution in [-0.4, -0.2) is 39.3 Å². The topological polar surface area (TPSA) is 94.8 Å². The van der Waals surface area contributed by atoms with Crippen LogP contribution in [0.4, 0.5) is 0 Å². The lowest BCUT2D eigenvalue weighted by Crippen LogP contribution is -2.32. The van der Waals surface area contributed by atoms with Gasteiger partial charge in [0, 0.05) is 0 Å². The fourth-order valence-corrected chi connectivity index (χ4v) is 2.54. The molecule has 5 heteroatoms. The Kier molecular flexibility index (Phi) is 12.4. The van der Waals surface area contributed by atoms with Crippen LogP contribution in [0.1, 0.15) is 85.0 Å². The summed E-state index contributed by atoms with van der Waals surface area (Å²) in [6.45, 7) is 5.55. The third-order valence-corrected chi connectivity index (χ3v) is 4.54. The first kappa shape index (κ1) is 23.8. The Morgan fingerprint density at radius 1 is 1.00 bits per heavy atom. The average molecular weight is 357 g/mol. The second-order valence-electron chi connectivity index (χ2n) is 7.45. The molecular formula is C20H36O5. The van der Waals surface area contributed by atoms with E-state index in [1.165, 1.54) is 6.08 Å². The minimum Gasteiger partial charge on any atom is -0.481 e. The summed E-state index contributed by atoms with van der Waals surface area (Å²) in [6, 6.07) is 0. The SMILES string of the molecule is CCCCC/C=C\C(=O)C(O)C(O)CCCCCCC(C)(C)C(=O)O. The van der Waals surface area contributed by atoms with Crippen molar-refractivity contribution < 1.29 is 24.9 Å². The van der Waals surface area contributed by atoms with Crippen molar-refractivity contribution in [2.75, 3.05) is 0 Å². The maximum Gasteiger partial charge on any atom is 0.309 e. The fraction of sp³-hybridized carbons (Fsp3) is 0.800. The van der Waals surface area contributed by atoms with E-state index in [1.807, 2.05) is 0 Å². The third kappa shape index (κ3) is 11.1. The molecule has 0 aliphatic carbocycles. The van der Waals surface area contributed by atoms with Crippen LogP contribution in [0.5, 0.6) is 0 Å². The standard InChI is InChI=1S/C20H36O5/c1-4-5-6-7-10-13-16(21)18(23)17(22)14-11-8-9-12-15-20(2,3)19(24)25/h10,13,17-18,22-23H,4-9,11-12,14-15H2,1-3H3,(H,24,25)/b13-10-. The first-order chi connectivity index (χ1) is 11.7. The number of allylic oxidation sites excluding steroid dienone is 1. The van der Waals surface area contributed by atoms with Crippen LogP contribution in [0.3, 0.4) is 0 Å². The minimum atomic E-state index is -1.35. The molecule has 25 heavy (non-hydrogen) atoms. The first-order valence-corrected chi connectivity index (χ1v) is 9.52. The van der Waals surface area contributed by atoms with Gasteiger partial charge in [-0.3, -0.25) is 9.59 Å². The van der Waals surface area contributed by atoms with E-state index in [-0.39, 0.29) is 0 Å². The van der Waals surface area contributed by atoms with Gasteiger partial charge in [-0.05, 0) is 45.6 Å². The van der Waals surface area contributed by atoms with Gasteiger partial charge in [0.15, 0.2) is 5.78 Å². The summed E-state index contributed by atoms with van der Waals surface area (Å²) in [5.74, 6) is -1.22. The molecule has 0 aromatic carbocycles. The number of hydrogen-bond acceptors (Lipinski definition) is 4. The van der Waals surface area contributed by atoms with E-state index in [4.69, 9.17) is 5.11 Å². The van der Waals surface area contributed by atoms with Gasteiger partial charge in [0.25, 0.3) is 0 Å². The molecule has 0 amide bonds. The maximum atomic E-state index is 11.8. The number of aliphatic carboxylic acids is 1. The lowest BCUT2D eigenvalue weighted by Gasteiger charge is -2.18. The van der Waals surface area contributed by atoms with E-state index < -0.39 is 29.4 Å². The molecule has 0 saturated carbocycles. The summed E-state index contributed by atoms with van der Waals surface area (Å²) in [4.78, 5) is 22.8. The van der Waals surface area contributed by atoms with Crippen molar-refractivity contribution in [3.05, 3.63) is 12.2 Å². The monoisotopic (exact) mass is 356 g/mol. The van der Waals surface area contributed by atoms with Crippen LogP contribution in [0.15, 0.2) is 12.2 Å². The van der Waals surface area contributed by atoms with E-state index in [0.717, 1.165) is 44.9 Å². The molecule has 146 valence electrons. The molecule has 0 aromatic rings. The molecule has 0 spiro atoms. The highest BCUT2D eigenvalue weighted by Crippen LogP contribution is 2.24. The van der Waals surface area contributed by atoms with Crippen LogP contribution in [0.25, 0.3) is 0 Å². The predicted octanol–water partition coefficient (Wildman–Crippen LogP) is 3.87. The number of rotatable bonds is 15. The summed E-state index contributed by atoms with van der Waals surface area (Å²) in [5.41, 5.74) is -0.703. The van der Waals surface area contributed by atoms with Crippen molar-refractivity contribution in [3.8, 4) is 0 Å². The summed E-state index contributed by atoms with van der Waals surface area (Å²) >= 11 is 0. The fourth-order valence-electron chi connectivity index (χ4n) is 2.54. The second-order valence-corrected chi connectivity index (χ2v) is 7.45. The molecule has 0 saturated heterocycles. The van der Waals surface area contributed by atoms with E-state index >= 15 is 0 Å². The van der Waals surface area contributed by atoms with Crippen molar-refractivity contribution in [3.63, 3.8) is 0 Å². The lowest BCUT2D eigenvalue weighted by atomic mass is 9.87. The first-order valence-electron chi connectivity index (χ1n) is 9.52. The zero-order chi connectivity index (χ0) is 19.3. The maximum absolute atomic E-state index is 11.8. The number of carboxylic acid groups (broad SMARTS) is 1. The van der Waals surface area contributed by atoms with Gasteiger partial charge >= 0.3 is 5.97 Å². The molecular weight excluding hydrogens is 320 g/mol. The van der Waals surface area contributed by atoms with Gasteiger partial charge in [0.1, 0.15) is 6.10 Å². The number of hydrogen-bond donors (Lipinski definition) is 3. The van der Waals surface area contributed by atoms with E-state index in [2.05, 4.69) is 6.92 Å². The molecule has 0 aliphatic heterocycles.